The van der Waals surface area contributed by atoms with E-state index in [1.165, 1.54) is 18.5 Å². The van der Waals surface area contributed by atoms with Gasteiger partial charge in [0, 0.05) is 51.0 Å². The van der Waals surface area contributed by atoms with Crippen LogP contribution in [0.25, 0.3) is 0 Å². The smallest absolute Gasteiger partial charge is 0.255 e. The van der Waals surface area contributed by atoms with Crippen LogP contribution in [-0.4, -0.2) is 46.2 Å². The van der Waals surface area contributed by atoms with Crippen molar-refractivity contribution >= 4 is 11.7 Å². The van der Waals surface area contributed by atoms with Crippen LogP contribution in [0.3, 0.4) is 0 Å². The highest BCUT2D eigenvalue weighted by Gasteiger charge is 2.30. The van der Waals surface area contributed by atoms with E-state index in [2.05, 4.69) is 40.7 Å². The van der Waals surface area contributed by atoms with Gasteiger partial charge in [-0.25, -0.2) is 0 Å². The van der Waals surface area contributed by atoms with Gasteiger partial charge in [-0.1, -0.05) is 0 Å². The molecule has 0 atom stereocenters. The van der Waals surface area contributed by atoms with E-state index in [9.17, 15) is 4.79 Å². The third-order valence-corrected chi connectivity index (χ3v) is 5.30. The third-order valence-electron chi connectivity index (χ3n) is 5.30. The maximum absolute atomic E-state index is 13.1. The molecule has 2 aromatic rings. The van der Waals surface area contributed by atoms with E-state index in [1.54, 1.807) is 0 Å². The third kappa shape index (κ3) is 2.79. The first-order valence-corrected chi connectivity index (χ1v) is 8.96. The SMILES string of the molecule is Cc1cc(C(=O)N2CCc3nnc(N(C)C)cc3C2)c(C)n1C1CC1. The van der Waals surface area contributed by atoms with E-state index < -0.39 is 0 Å². The van der Waals surface area contributed by atoms with Gasteiger partial charge in [-0.15, -0.1) is 5.10 Å². The Balaban J connectivity index is 1.60. The highest BCUT2D eigenvalue weighted by atomic mass is 16.2. The van der Waals surface area contributed by atoms with E-state index in [4.69, 9.17) is 0 Å². The van der Waals surface area contributed by atoms with Crippen LogP contribution in [0.4, 0.5) is 5.82 Å². The molecule has 0 bridgehead atoms. The van der Waals surface area contributed by atoms with Crippen molar-refractivity contribution < 1.29 is 4.79 Å². The molecule has 1 saturated carbocycles. The summed E-state index contributed by atoms with van der Waals surface area (Å²) in [4.78, 5) is 17.0. The highest BCUT2D eigenvalue weighted by molar-refractivity contribution is 5.96. The molecule has 2 aliphatic rings. The summed E-state index contributed by atoms with van der Waals surface area (Å²) < 4.78 is 2.33. The van der Waals surface area contributed by atoms with Crippen molar-refractivity contribution in [1.29, 1.82) is 0 Å². The Kier molecular flexibility index (Phi) is 3.78. The van der Waals surface area contributed by atoms with Crippen molar-refractivity contribution in [2.45, 2.75) is 45.7 Å². The van der Waals surface area contributed by atoms with Crippen LogP contribution < -0.4 is 4.90 Å². The first kappa shape index (κ1) is 16.1. The largest absolute Gasteiger partial charge is 0.361 e. The molecule has 1 fully saturated rings. The second kappa shape index (κ2) is 5.86. The van der Waals surface area contributed by atoms with Crippen molar-refractivity contribution in [3.8, 4) is 0 Å². The lowest BCUT2D eigenvalue weighted by Gasteiger charge is -2.28. The Labute approximate surface area is 148 Å². The standard InChI is InChI=1S/C19H25N5O/c1-12-9-16(13(2)24(12)15-5-6-15)19(25)23-8-7-17-14(11-23)10-18(21-20-17)22(3)4/h9-10,15H,5-8,11H2,1-4H3. The van der Waals surface area contributed by atoms with Gasteiger partial charge >= 0.3 is 0 Å². The Hall–Kier alpha value is -2.37. The molecule has 0 aromatic carbocycles. The minimum atomic E-state index is 0.133. The predicted octanol–water partition coefficient (Wildman–Crippen LogP) is 2.49. The normalized spacial score (nSPS) is 16.7. The number of aryl methyl sites for hydroxylation is 1. The molecule has 4 rings (SSSR count). The van der Waals surface area contributed by atoms with Gasteiger partial charge in [-0.2, -0.15) is 5.10 Å². The zero-order valence-electron chi connectivity index (χ0n) is 15.4. The Bertz CT molecular complexity index is 835. The molecule has 0 saturated heterocycles. The van der Waals surface area contributed by atoms with E-state index in [1.807, 2.05) is 23.9 Å². The Morgan fingerprint density at radius 2 is 1.96 bits per heavy atom. The van der Waals surface area contributed by atoms with Gasteiger partial charge in [0.1, 0.15) is 0 Å². The maximum atomic E-state index is 13.1. The van der Waals surface area contributed by atoms with Gasteiger partial charge in [0.2, 0.25) is 0 Å². The van der Waals surface area contributed by atoms with Crippen LogP contribution in [0.2, 0.25) is 0 Å². The summed E-state index contributed by atoms with van der Waals surface area (Å²) in [5.41, 5.74) is 5.27. The monoisotopic (exact) mass is 339 g/mol. The molecule has 25 heavy (non-hydrogen) atoms. The van der Waals surface area contributed by atoms with Crippen molar-refractivity contribution in [1.82, 2.24) is 19.7 Å². The number of amides is 1. The van der Waals surface area contributed by atoms with E-state index in [0.717, 1.165) is 34.8 Å². The summed E-state index contributed by atoms with van der Waals surface area (Å²) in [6.07, 6.45) is 3.23. The number of aromatic nitrogens is 3. The molecule has 0 spiro atoms. The number of nitrogens with zero attached hydrogens (tertiary/aromatic N) is 5. The van der Waals surface area contributed by atoms with E-state index >= 15 is 0 Å². The van der Waals surface area contributed by atoms with Crippen LogP contribution in [0.5, 0.6) is 0 Å². The van der Waals surface area contributed by atoms with Crippen molar-refractivity contribution in [3.05, 3.63) is 40.3 Å². The highest BCUT2D eigenvalue weighted by Crippen LogP contribution is 2.38. The molecule has 6 nitrogen and oxygen atoms in total. The van der Waals surface area contributed by atoms with Crippen molar-refractivity contribution in [2.75, 3.05) is 25.5 Å². The van der Waals surface area contributed by atoms with Gasteiger partial charge in [-0.3, -0.25) is 4.79 Å². The number of anilines is 1. The summed E-state index contributed by atoms with van der Waals surface area (Å²) in [6.45, 7) is 5.49. The number of hydrogen-bond donors (Lipinski definition) is 0. The van der Waals surface area contributed by atoms with E-state index in [-0.39, 0.29) is 5.91 Å². The first-order chi connectivity index (χ1) is 12.0. The van der Waals surface area contributed by atoms with E-state index in [0.29, 0.717) is 19.1 Å². The summed E-state index contributed by atoms with van der Waals surface area (Å²) in [5.74, 6) is 0.967. The van der Waals surface area contributed by atoms with Crippen LogP contribution in [0.15, 0.2) is 12.1 Å². The molecule has 6 heteroatoms. The molecule has 2 aromatic heterocycles. The number of hydrogen-bond acceptors (Lipinski definition) is 4. The quantitative estimate of drug-likeness (QED) is 0.862. The van der Waals surface area contributed by atoms with Crippen molar-refractivity contribution in [2.24, 2.45) is 0 Å². The fraction of sp³-hybridized carbons (Fsp3) is 0.526. The van der Waals surface area contributed by atoms with Gasteiger partial charge in [0.05, 0.1) is 11.3 Å². The average Bonchev–Trinajstić information content (AvgIpc) is 3.38. The zero-order valence-corrected chi connectivity index (χ0v) is 15.4. The summed E-state index contributed by atoms with van der Waals surface area (Å²) >= 11 is 0. The van der Waals surface area contributed by atoms with Crippen LogP contribution in [-0.2, 0) is 13.0 Å². The lowest BCUT2D eigenvalue weighted by molar-refractivity contribution is 0.0732. The minimum Gasteiger partial charge on any atom is -0.361 e. The molecule has 3 heterocycles. The molecule has 0 unspecified atom stereocenters. The second-order valence-electron chi connectivity index (χ2n) is 7.43. The van der Waals surface area contributed by atoms with Crippen LogP contribution >= 0.6 is 0 Å². The number of rotatable bonds is 3. The zero-order chi connectivity index (χ0) is 17.7. The second-order valence-corrected chi connectivity index (χ2v) is 7.43. The lowest BCUT2D eigenvalue weighted by Crippen LogP contribution is -2.37. The number of fused-ring (bicyclic) bond motifs is 1. The van der Waals surface area contributed by atoms with Crippen LogP contribution in [0, 0.1) is 13.8 Å². The van der Waals surface area contributed by atoms with Crippen LogP contribution in [0.1, 0.15) is 51.9 Å². The molecule has 1 amide bonds. The summed E-state index contributed by atoms with van der Waals surface area (Å²) in [7, 11) is 3.91. The van der Waals surface area contributed by atoms with Gasteiger partial charge in [0.15, 0.2) is 5.82 Å². The fourth-order valence-electron chi connectivity index (χ4n) is 3.77. The van der Waals surface area contributed by atoms with Crippen molar-refractivity contribution in [3.63, 3.8) is 0 Å². The predicted molar refractivity (Wildman–Crippen MR) is 97.0 cm³/mol. The molecule has 1 aliphatic heterocycles. The number of carbonyl (C=O) groups excluding carboxylic acids is 1. The summed E-state index contributed by atoms with van der Waals surface area (Å²) in [5, 5.41) is 8.58. The Morgan fingerprint density at radius 3 is 2.64 bits per heavy atom. The average molecular weight is 339 g/mol. The summed E-state index contributed by atoms with van der Waals surface area (Å²) in [6, 6.07) is 4.71. The molecule has 132 valence electrons. The fourth-order valence-corrected chi connectivity index (χ4v) is 3.77. The molecule has 0 radical (unpaired) electrons. The Morgan fingerprint density at radius 1 is 1.20 bits per heavy atom. The van der Waals surface area contributed by atoms with Gasteiger partial charge in [-0.05, 0) is 44.4 Å². The lowest BCUT2D eigenvalue weighted by atomic mass is 10.0. The number of carbonyl (C=O) groups is 1. The van der Waals surface area contributed by atoms with Gasteiger partial charge in [0.25, 0.3) is 5.91 Å². The van der Waals surface area contributed by atoms with Gasteiger partial charge < -0.3 is 14.4 Å². The minimum absolute atomic E-state index is 0.133. The molecular weight excluding hydrogens is 314 g/mol. The topological polar surface area (TPSA) is 54.3 Å². The molecule has 0 N–H and O–H groups in total. The molecule has 1 aliphatic carbocycles. The maximum Gasteiger partial charge on any atom is 0.255 e. The molecular formula is C19H25N5O. The first-order valence-electron chi connectivity index (χ1n) is 8.96.